The Morgan fingerprint density at radius 1 is 1.27 bits per heavy atom. The number of likely N-dealkylation sites (tertiary alicyclic amines) is 1. The maximum atomic E-state index is 12.4. The number of carbonyl (C=O) groups excluding carboxylic acids is 1. The molecular formula is C17H15N3O2. The Morgan fingerprint density at radius 2 is 2.09 bits per heavy atom. The Kier molecular flexibility index (Phi) is 4.01. The van der Waals surface area contributed by atoms with Crippen LogP contribution < -0.4 is 4.74 Å². The van der Waals surface area contributed by atoms with Gasteiger partial charge >= 0.3 is 0 Å². The Bertz CT molecular complexity index is 692. The first-order valence-corrected chi connectivity index (χ1v) is 7.13. The first-order chi connectivity index (χ1) is 10.8. The molecule has 1 unspecified atom stereocenters. The van der Waals surface area contributed by atoms with Crippen LogP contribution in [-0.4, -0.2) is 35.0 Å². The lowest BCUT2D eigenvalue weighted by atomic mass is 10.2. The van der Waals surface area contributed by atoms with Crippen LogP contribution in [0.25, 0.3) is 0 Å². The lowest BCUT2D eigenvalue weighted by molar-refractivity contribution is 0.0772. The number of amides is 1. The number of carbonyl (C=O) groups is 1. The number of benzene rings is 1. The van der Waals surface area contributed by atoms with E-state index in [9.17, 15) is 4.79 Å². The topological polar surface area (TPSA) is 66.2 Å². The smallest absolute Gasteiger partial charge is 0.255 e. The molecule has 5 heteroatoms. The SMILES string of the molecule is N#Cc1ccc(C(=O)N2CCC(Oc3ccccc3)C2)cn1. The van der Waals surface area contributed by atoms with E-state index in [4.69, 9.17) is 10.00 Å². The second-order valence-corrected chi connectivity index (χ2v) is 5.14. The predicted octanol–water partition coefficient (Wildman–Crippen LogP) is 2.25. The summed E-state index contributed by atoms with van der Waals surface area (Å²) in [5, 5.41) is 8.73. The average molecular weight is 293 g/mol. The van der Waals surface area contributed by atoms with Crippen LogP contribution in [0.15, 0.2) is 48.7 Å². The number of ether oxygens (including phenoxy) is 1. The molecule has 1 amide bonds. The molecule has 1 aromatic carbocycles. The first kappa shape index (κ1) is 14.1. The maximum absolute atomic E-state index is 12.4. The van der Waals surface area contributed by atoms with Crippen molar-refractivity contribution in [2.45, 2.75) is 12.5 Å². The average Bonchev–Trinajstić information content (AvgIpc) is 3.04. The van der Waals surface area contributed by atoms with Crippen molar-refractivity contribution in [1.82, 2.24) is 9.88 Å². The van der Waals surface area contributed by atoms with E-state index in [1.807, 2.05) is 36.4 Å². The van der Waals surface area contributed by atoms with Crippen molar-refractivity contribution in [3.8, 4) is 11.8 Å². The van der Waals surface area contributed by atoms with E-state index in [-0.39, 0.29) is 12.0 Å². The zero-order valence-corrected chi connectivity index (χ0v) is 12.0. The fourth-order valence-corrected chi connectivity index (χ4v) is 2.47. The number of nitrogens with zero attached hydrogens (tertiary/aromatic N) is 3. The van der Waals surface area contributed by atoms with Gasteiger partial charge in [-0.15, -0.1) is 0 Å². The van der Waals surface area contributed by atoms with E-state index in [0.29, 0.717) is 24.3 Å². The van der Waals surface area contributed by atoms with Gasteiger partial charge in [0.15, 0.2) is 0 Å². The second kappa shape index (κ2) is 6.27. The largest absolute Gasteiger partial charge is 0.489 e. The second-order valence-electron chi connectivity index (χ2n) is 5.14. The normalized spacial score (nSPS) is 17.0. The van der Waals surface area contributed by atoms with Gasteiger partial charge in [-0.25, -0.2) is 4.98 Å². The number of pyridine rings is 1. The summed E-state index contributed by atoms with van der Waals surface area (Å²) in [5.41, 5.74) is 0.808. The van der Waals surface area contributed by atoms with Gasteiger partial charge in [-0.3, -0.25) is 4.79 Å². The van der Waals surface area contributed by atoms with Gasteiger partial charge in [-0.1, -0.05) is 18.2 Å². The Morgan fingerprint density at radius 3 is 2.77 bits per heavy atom. The quantitative estimate of drug-likeness (QED) is 0.870. The Hall–Kier alpha value is -2.87. The summed E-state index contributed by atoms with van der Waals surface area (Å²) in [4.78, 5) is 18.1. The number of aromatic nitrogens is 1. The molecule has 1 aliphatic rings. The predicted molar refractivity (Wildman–Crippen MR) is 80.3 cm³/mol. The molecule has 110 valence electrons. The summed E-state index contributed by atoms with van der Waals surface area (Å²) in [7, 11) is 0. The number of para-hydroxylation sites is 1. The van der Waals surface area contributed by atoms with E-state index in [1.165, 1.54) is 6.20 Å². The van der Waals surface area contributed by atoms with Crippen molar-refractivity contribution in [3.63, 3.8) is 0 Å². The molecule has 1 atom stereocenters. The van der Waals surface area contributed by atoms with Crippen molar-refractivity contribution in [2.75, 3.05) is 13.1 Å². The first-order valence-electron chi connectivity index (χ1n) is 7.13. The lowest BCUT2D eigenvalue weighted by Gasteiger charge is -2.17. The van der Waals surface area contributed by atoms with E-state index in [2.05, 4.69) is 4.98 Å². The molecule has 0 spiro atoms. The molecular weight excluding hydrogens is 278 g/mol. The van der Waals surface area contributed by atoms with E-state index >= 15 is 0 Å². The van der Waals surface area contributed by atoms with Crippen LogP contribution in [-0.2, 0) is 0 Å². The highest BCUT2D eigenvalue weighted by Gasteiger charge is 2.28. The maximum Gasteiger partial charge on any atom is 0.255 e. The summed E-state index contributed by atoms with van der Waals surface area (Å²) >= 11 is 0. The molecule has 0 aliphatic carbocycles. The van der Waals surface area contributed by atoms with Crippen LogP contribution >= 0.6 is 0 Å². The van der Waals surface area contributed by atoms with Crippen LogP contribution in [0.5, 0.6) is 5.75 Å². The van der Waals surface area contributed by atoms with E-state index < -0.39 is 0 Å². The number of hydrogen-bond donors (Lipinski definition) is 0. The van der Waals surface area contributed by atoms with Gasteiger partial charge < -0.3 is 9.64 Å². The Labute approximate surface area is 128 Å². The van der Waals surface area contributed by atoms with Gasteiger partial charge in [-0.2, -0.15) is 5.26 Å². The van der Waals surface area contributed by atoms with Gasteiger partial charge in [0.2, 0.25) is 0 Å². The highest BCUT2D eigenvalue weighted by Crippen LogP contribution is 2.19. The lowest BCUT2D eigenvalue weighted by Crippen LogP contribution is -2.31. The molecule has 3 rings (SSSR count). The highest BCUT2D eigenvalue weighted by molar-refractivity contribution is 5.94. The van der Waals surface area contributed by atoms with Crippen molar-refractivity contribution in [1.29, 1.82) is 5.26 Å². The minimum atomic E-state index is -0.0730. The summed E-state index contributed by atoms with van der Waals surface area (Å²) in [6.07, 6.45) is 2.27. The fraction of sp³-hybridized carbons (Fsp3) is 0.235. The monoisotopic (exact) mass is 293 g/mol. The van der Waals surface area contributed by atoms with Crippen LogP contribution in [0.3, 0.4) is 0 Å². The number of nitriles is 1. The number of hydrogen-bond acceptors (Lipinski definition) is 4. The molecule has 0 saturated carbocycles. The molecule has 1 aliphatic heterocycles. The summed E-state index contributed by atoms with van der Waals surface area (Å²) in [6, 6.07) is 14.8. The van der Waals surface area contributed by atoms with Gasteiger partial charge in [0, 0.05) is 19.2 Å². The third-order valence-corrected chi connectivity index (χ3v) is 3.60. The molecule has 0 bridgehead atoms. The van der Waals surface area contributed by atoms with Gasteiger partial charge in [0.25, 0.3) is 5.91 Å². The molecule has 1 fully saturated rings. The highest BCUT2D eigenvalue weighted by atomic mass is 16.5. The third-order valence-electron chi connectivity index (χ3n) is 3.60. The standard InChI is InChI=1S/C17H15N3O2/c18-10-14-7-6-13(11-19-14)17(21)20-9-8-16(12-20)22-15-4-2-1-3-5-15/h1-7,11,16H,8-9,12H2. The van der Waals surface area contributed by atoms with Crippen molar-refractivity contribution in [2.24, 2.45) is 0 Å². The molecule has 0 radical (unpaired) electrons. The van der Waals surface area contributed by atoms with Crippen LogP contribution in [0.1, 0.15) is 22.5 Å². The fourth-order valence-electron chi connectivity index (χ4n) is 2.47. The summed E-state index contributed by atoms with van der Waals surface area (Å²) in [5.74, 6) is 0.748. The summed E-state index contributed by atoms with van der Waals surface area (Å²) in [6.45, 7) is 1.23. The molecule has 2 aromatic rings. The van der Waals surface area contributed by atoms with Crippen LogP contribution in [0.4, 0.5) is 0 Å². The molecule has 1 saturated heterocycles. The third kappa shape index (κ3) is 3.07. The van der Waals surface area contributed by atoms with E-state index in [0.717, 1.165) is 12.2 Å². The van der Waals surface area contributed by atoms with Crippen molar-refractivity contribution in [3.05, 3.63) is 59.9 Å². The molecule has 0 N–H and O–H groups in total. The zero-order valence-electron chi connectivity index (χ0n) is 12.0. The van der Waals surface area contributed by atoms with Crippen LogP contribution in [0, 0.1) is 11.3 Å². The van der Waals surface area contributed by atoms with Gasteiger partial charge in [0.05, 0.1) is 12.1 Å². The molecule has 5 nitrogen and oxygen atoms in total. The van der Waals surface area contributed by atoms with Gasteiger partial charge in [-0.05, 0) is 24.3 Å². The zero-order chi connectivity index (χ0) is 15.4. The number of rotatable bonds is 3. The van der Waals surface area contributed by atoms with Gasteiger partial charge in [0.1, 0.15) is 23.6 Å². The van der Waals surface area contributed by atoms with Crippen LogP contribution in [0.2, 0.25) is 0 Å². The summed E-state index contributed by atoms with van der Waals surface area (Å²) < 4.78 is 5.88. The molecule has 2 heterocycles. The Balaban J connectivity index is 1.62. The van der Waals surface area contributed by atoms with E-state index in [1.54, 1.807) is 17.0 Å². The van der Waals surface area contributed by atoms with Crippen molar-refractivity contribution >= 4 is 5.91 Å². The minimum Gasteiger partial charge on any atom is -0.489 e. The molecule has 1 aromatic heterocycles. The van der Waals surface area contributed by atoms with Crippen molar-refractivity contribution < 1.29 is 9.53 Å². The minimum absolute atomic E-state index is 0.0118. The molecule has 22 heavy (non-hydrogen) atoms.